The highest BCUT2D eigenvalue weighted by molar-refractivity contribution is 5.80. The fraction of sp³-hybridized carbons (Fsp3) is 0.100. The van der Waals surface area contributed by atoms with E-state index in [1.165, 1.54) is 0 Å². The van der Waals surface area contributed by atoms with Crippen LogP contribution in [0.25, 0.3) is 10.8 Å². The largest absolute Gasteiger partial charge is 0.618 e. The maximum absolute atomic E-state index is 11.1. The normalized spacial score (nSPS) is 8.93. The lowest BCUT2D eigenvalue weighted by Gasteiger charge is -2.01. The third-order valence-electron chi connectivity index (χ3n) is 1.96. The average molecular weight is 195 g/mol. The van der Waals surface area contributed by atoms with Crippen molar-refractivity contribution in [2.24, 2.45) is 0 Å². The van der Waals surface area contributed by atoms with Crippen LogP contribution in [-0.4, -0.2) is 11.0 Å². The van der Waals surface area contributed by atoms with E-state index in [4.69, 9.17) is 0 Å². The SMILES string of the molecule is Cc1cc2ccccc2c[n+]1[O-].O.O. The number of fused-ring (bicyclic) bond motifs is 1. The van der Waals surface area contributed by atoms with Crippen molar-refractivity contribution in [3.05, 3.63) is 47.4 Å². The zero-order valence-electron chi connectivity index (χ0n) is 7.82. The highest BCUT2D eigenvalue weighted by Gasteiger charge is 2.00. The van der Waals surface area contributed by atoms with E-state index in [0.29, 0.717) is 0 Å². The highest BCUT2D eigenvalue weighted by atomic mass is 16.5. The Hall–Kier alpha value is -1.65. The van der Waals surface area contributed by atoms with Crippen LogP contribution in [0.2, 0.25) is 0 Å². The molecule has 76 valence electrons. The molecule has 2 rings (SSSR count). The number of hydrogen-bond acceptors (Lipinski definition) is 1. The first-order valence-electron chi connectivity index (χ1n) is 3.86. The Balaban J connectivity index is 0.000000845. The van der Waals surface area contributed by atoms with Crippen molar-refractivity contribution in [3.8, 4) is 0 Å². The van der Waals surface area contributed by atoms with Gasteiger partial charge >= 0.3 is 0 Å². The number of rotatable bonds is 0. The summed E-state index contributed by atoms with van der Waals surface area (Å²) >= 11 is 0. The Morgan fingerprint density at radius 2 is 1.64 bits per heavy atom. The van der Waals surface area contributed by atoms with Gasteiger partial charge in [0, 0.05) is 18.4 Å². The Kier molecular flexibility index (Phi) is 4.01. The van der Waals surface area contributed by atoms with Gasteiger partial charge in [0.1, 0.15) is 0 Å². The summed E-state index contributed by atoms with van der Waals surface area (Å²) in [6, 6.07) is 9.72. The molecule has 4 nitrogen and oxygen atoms in total. The minimum absolute atomic E-state index is 0. The van der Waals surface area contributed by atoms with Crippen LogP contribution in [0.4, 0.5) is 0 Å². The molecule has 0 bridgehead atoms. The lowest BCUT2D eigenvalue weighted by Crippen LogP contribution is -2.28. The maximum atomic E-state index is 11.1. The first-order chi connectivity index (χ1) is 5.77. The third kappa shape index (κ3) is 1.99. The fourth-order valence-corrected chi connectivity index (χ4v) is 1.28. The fourth-order valence-electron chi connectivity index (χ4n) is 1.28. The minimum Gasteiger partial charge on any atom is -0.618 e. The van der Waals surface area contributed by atoms with Crippen LogP contribution in [-0.2, 0) is 0 Å². The zero-order valence-corrected chi connectivity index (χ0v) is 7.82. The molecule has 0 spiro atoms. The summed E-state index contributed by atoms with van der Waals surface area (Å²) in [7, 11) is 0. The van der Waals surface area contributed by atoms with Crippen LogP contribution in [0.1, 0.15) is 5.69 Å². The van der Waals surface area contributed by atoms with Gasteiger partial charge in [-0.3, -0.25) is 0 Å². The highest BCUT2D eigenvalue weighted by Crippen LogP contribution is 2.11. The standard InChI is InChI=1S/C10H9NO.2H2O/c1-8-6-9-4-2-3-5-10(9)7-11(8)12;;/h2-7H,1H3;2*1H2. The van der Waals surface area contributed by atoms with Gasteiger partial charge in [-0.05, 0) is 11.5 Å². The van der Waals surface area contributed by atoms with Crippen molar-refractivity contribution in [3.63, 3.8) is 0 Å². The van der Waals surface area contributed by atoms with E-state index in [0.717, 1.165) is 21.2 Å². The zero-order chi connectivity index (χ0) is 8.55. The summed E-state index contributed by atoms with van der Waals surface area (Å²) in [4.78, 5) is 0. The van der Waals surface area contributed by atoms with Gasteiger partial charge < -0.3 is 16.2 Å². The molecule has 0 aliphatic rings. The van der Waals surface area contributed by atoms with Crippen molar-refractivity contribution in [2.45, 2.75) is 6.92 Å². The van der Waals surface area contributed by atoms with Crippen LogP contribution < -0.4 is 4.73 Å². The Bertz CT molecular complexity index is 388. The van der Waals surface area contributed by atoms with Gasteiger partial charge in [-0.2, -0.15) is 4.73 Å². The van der Waals surface area contributed by atoms with Gasteiger partial charge in [0.05, 0.1) is 0 Å². The monoisotopic (exact) mass is 195 g/mol. The summed E-state index contributed by atoms with van der Waals surface area (Å²) in [5.74, 6) is 0. The summed E-state index contributed by atoms with van der Waals surface area (Å²) in [5.41, 5.74) is 0.730. The molecular formula is C10H13NO3. The average Bonchev–Trinajstić information content (AvgIpc) is 2.07. The van der Waals surface area contributed by atoms with Gasteiger partial charge in [-0.15, -0.1) is 0 Å². The lowest BCUT2D eigenvalue weighted by atomic mass is 10.1. The van der Waals surface area contributed by atoms with Crippen molar-refractivity contribution in [1.82, 2.24) is 0 Å². The van der Waals surface area contributed by atoms with Crippen molar-refractivity contribution in [2.75, 3.05) is 0 Å². The number of hydrogen-bond donors (Lipinski definition) is 0. The molecule has 0 unspecified atom stereocenters. The Labute approximate surface area is 81.6 Å². The lowest BCUT2D eigenvalue weighted by molar-refractivity contribution is -0.610. The second-order valence-corrected chi connectivity index (χ2v) is 2.87. The first-order valence-corrected chi connectivity index (χ1v) is 3.86. The summed E-state index contributed by atoms with van der Waals surface area (Å²) in [5, 5.41) is 13.2. The van der Waals surface area contributed by atoms with Crippen LogP contribution in [0.5, 0.6) is 0 Å². The quantitative estimate of drug-likeness (QED) is 0.434. The van der Waals surface area contributed by atoms with Gasteiger partial charge in [0.25, 0.3) is 0 Å². The number of pyridine rings is 1. The molecular weight excluding hydrogens is 182 g/mol. The van der Waals surface area contributed by atoms with Crippen molar-refractivity contribution in [1.29, 1.82) is 0 Å². The van der Waals surface area contributed by atoms with Gasteiger partial charge in [-0.1, -0.05) is 18.2 Å². The molecule has 0 atom stereocenters. The van der Waals surface area contributed by atoms with Crippen LogP contribution in [0.3, 0.4) is 0 Å². The molecule has 0 saturated carbocycles. The van der Waals surface area contributed by atoms with Gasteiger partial charge in [-0.25, -0.2) is 0 Å². The van der Waals surface area contributed by atoms with Crippen LogP contribution in [0, 0.1) is 12.1 Å². The number of nitrogens with zero attached hydrogens (tertiary/aromatic N) is 1. The molecule has 0 amide bonds. The molecule has 0 aliphatic carbocycles. The summed E-state index contributed by atoms with van der Waals surface area (Å²) < 4.78 is 0.891. The van der Waals surface area contributed by atoms with E-state index in [2.05, 4.69) is 0 Å². The summed E-state index contributed by atoms with van der Waals surface area (Å²) in [6.07, 6.45) is 1.60. The molecule has 0 saturated heterocycles. The number of benzene rings is 1. The van der Waals surface area contributed by atoms with Crippen LogP contribution in [0.15, 0.2) is 36.5 Å². The van der Waals surface area contributed by atoms with E-state index in [1.54, 1.807) is 13.1 Å². The smallest absolute Gasteiger partial charge is 0.190 e. The van der Waals surface area contributed by atoms with E-state index in [-0.39, 0.29) is 11.0 Å². The minimum atomic E-state index is 0. The number of aryl methyl sites for hydroxylation is 1. The van der Waals surface area contributed by atoms with Gasteiger partial charge in [0.15, 0.2) is 11.9 Å². The third-order valence-corrected chi connectivity index (χ3v) is 1.96. The molecule has 1 aromatic carbocycles. The molecule has 1 heterocycles. The second-order valence-electron chi connectivity index (χ2n) is 2.87. The van der Waals surface area contributed by atoms with Gasteiger partial charge in [0.2, 0.25) is 0 Å². The molecule has 4 N–H and O–H groups in total. The molecule has 0 radical (unpaired) electrons. The predicted octanol–water partition coefficient (Wildman–Crippen LogP) is 0.132. The van der Waals surface area contributed by atoms with E-state index in [1.807, 2.05) is 30.3 Å². The van der Waals surface area contributed by atoms with E-state index >= 15 is 0 Å². The predicted molar refractivity (Wildman–Crippen MR) is 54.9 cm³/mol. The second kappa shape index (κ2) is 4.55. The van der Waals surface area contributed by atoms with Crippen molar-refractivity contribution >= 4 is 10.8 Å². The topological polar surface area (TPSA) is 89.9 Å². The molecule has 1 aromatic heterocycles. The molecule has 2 aromatic rings. The van der Waals surface area contributed by atoms with E-state index < -0.39 is 0 Å². The molecule has 0 aliphatic heterocycles. The Morgan fingerprint density at radius 1 is 1.07 bits per heavy atom. The first kappa shape index (κ1) is 12.3. The molecule has 0 fully saturated rings. The molecule has 4 heteroatoms. The molecule has 14 heavy (non-hydrogen) atoms. The van der Waals surface area contributed by atoms with E-state index in [9.17, 15) is 5.21 Å². The summed E-state index contributed by atoms with van der Waals surface area (Å²) in [6.45, 7) is 1.80. The number of aromatic nitrogens is 1. The van der Waals surface area contributed by atoms with Crippen LogP contribution >= 0.6 is 0 Å². The maximum Gasteiger partial charge on any atom is 0.190 e. The van der Waals surface area contributed by atoms with Crippen molar-refractivity contribution < 1.29 is 15.7 Å². The Morgan fingerprint density at radius 3 is 2.29 bits per heavy atom.